The molecule has 2 aromatic carbocycles. The lowest BCUT2D eigenvalue weighted by Gasteiger charge is -2.15. The minimum absolute atomic E-state index is 0.265. The average Bonchev–Trinajstić information content (AvgIpc) is 2.96. The molecular weight excluding hydrogens is 392 g/mol. The summed E-state index contributed by atoms with van der Waals surface area (Å²) >= 11 is 0. The van der Waals surface area contributed by atoms with Gasteiger partial charge in [-0.25, -0.2) is 12.7 Å². The molecule has 0 atom stereocenters. The molecule has 0 unspecified atom stereocenters. The zero-order valence-electron chi connectivity index (χ0n) is 16.8. The van der Waals surface area contributed by atoms with E-state index in [1.165, 1.54) is 18.4 Å². The molecule has 29 heavy (non-hydrogen) atoms. The number of hydrogen-bond acceptors (Lipinski definition) is 5. The molecule has 3 rings (SSSR count). The molecule has 0 bridgehead atoms. The highest BCUT2D eigenvalue weighted by atomic mass is 32.2. The quantitative estimate of drug-likeness (QED) is 0.572. The van der Waals surface area contributed by atoms with Crippen LogP contribution in [-0.4, -0.2) is 53.0 Å². The monoisotopic (exact) mass is 418 g/mol. The van der Waals surface area contributed by atoms with Crippen molar-refractivity contribution >= 4 is 21.7 Å². The Morgan fingerprint density at radius 2 is 1.76 bits per heavy atom. The maximum absolute atomic E-state index is 12.1. The van der Waals surface area contributed by atoms with Crippen molar-refractivity contribution in [3.63, 3.8) is 0 Å². The molecule has 0 fully saturated rings. The zero-order valence-corrected chi connectivity index (χ0v) is 17.6. The molecule has 9 heteroatoms. The second kappa shape index (κ2) is 9.15. The van der Waals surface area contributed by atoms with Gasteiger partial charge in [-0.1, -0.05) is 12.1 Å². The number of sulfonamides is 1. The standard InChI is InChI=1S/C20H26N4O4S/c1-21-20(23-16-7-10-18-19(13-16)28-12-4-11-27-18)22-14-15-5-8-17(9-6-15)29(25,26)24(2)3/h5-10,13H,4,11-12,14H2,1-3H3,(H2,21,22,23). The summed E-state index contributed by atoms with van der Waals surface area (Å²) < 4.78 is 36.8. The SMILES string of the molecule is CN=C(NCc1ccc(S(=O)(=O)N(C)C)cc1)Nc1ccc2c(c1)OCCCO2. The lowest BCUT2D eigenvalue weighted by atomic mass is 10.2. The first-order valence-electron chi connectivity index (χ1n) is 9.29. The number of nitrogens with one attached hydrogen (secondary N) is 2. The van der Waals surface area contributed by atoms with E-state index < -0.39 is 10.0 Å². The van der Waals surface area contributed by atoms with Crippen LogP contribution in [0.2, 0.25) is 0 Å². The Morgan fingerprint density at radius 1 is 1.07 bits per heavy atom. The normalized spacial score (nSPS) is 14.4. The van der Waals surface area contributed by atoms with Crippen LogP contribution >= 0.6 is 0 Å². The van der Waals surface area contributed by atoms with Crippen molar-refractivity contribution in [3.05, 3.63) is 48.0 Å². The maximum atomic E-state index is 12.1. The van der Waals surface area contributed by atoms with Gasteiger partial charge in [-0.05, 0) is 29.8 Å². The fourth-order valence-corrected chi connectivity index (χ4v) is 3.63. The van der Waals surface area contributed by atoms with E-state index in [1.54, 1.807) is 31.3 Å². The van der Waals surface area contributed by atoms with Crippen LogP contribution in [-0.2, 0) is 16.6 Å². The van der Waals surface area contributed by atoms with Gasteiger partial charge in [0.2, 0.25) is 10.0 Å². The third-order valence-electron chi connectivity index (χ3n) is 4.40. The molecule has 1 aliphatic heterocycles. The summed E-state index contributed by atoms with van der Waals surface area (Å²) in [5, 5.41) is 6.44. The van der Waals surface area contributed by atoms with Crippen LogP contribution in [0.15, 0.2) is 52.4 Å². The van der Waals surface area contributed by atoms with Crippen LogP contribution in [0.1, 0.15) is 12.0 Å². The number of rotatable bonds is 5. The fraction of sp³-hybridized carbons (Fsp3) is 0.350. The van der Waals surface area contributed by atoms with Gasteiger partial charge in [0.1, 0.15) is 0 Å². The third kappa shape index (κ3) is 5.18. The van der Waals surface area contributed by atoms with Gasteiger partial charge in [0, 0.05) is 45.9 Å². The van der Waals surface area contributed by atoms with Gasteiger partial charge in [-0.15, -0.1) is 0 Å². The number of anilines is 1. The zero-order chi connectivity index (χ0) is 20.9. The van der Waals surface area contributed by atoms with E-state index in [0.29, 0.717) is 31.5 Å². The first-order chi connectivity index (χ1) is 13.9. The number of benzene rings is 2. The Bertz CT molecular complexity index is 972. The Labute approximate surface area is 171 Å². The van der Waals surface area contributed by atoms with E-state index >= 15 is 0 Å². The van der Waals surface area contributed by atoms with Crippen LogP contribution in [0.4, 0.5) is 5.69 Å². The largest absolute Gasteiger partial charge is 0.490 e. The van der Waals surface area contributed by atoms with Gasteiger partial charge in [-0.3, -0.25) is 4.99 Å². The molecule has 0 aromatic heterocycles. The topological polar surface area (TPSA) is 92.3 Å². The minimum atomic E-state index is -3.43. The van der Waals surface area contributed by atoms with Crippen molar-refractivity contribution in [3.8, 4) is 11.5 Å². The number of hydrogen-bond donors (Lipinski definition) is 2. The second-order valence-corrected chi connectivity index (χ2v) is 8.85. The Kier molecular flexibility index (Phi) is 6.60. The number of ether oxygens (including phenoxy) is 2. The second-order valence-electron chi connectivity index (χ2n) is 6.69. The van der Waals surface area contributed by atoms with E-state index in [2.05, 4.69) is 15.6 Å². The molecule has 0 spiro atoms. The first-order valence-corrected chi connectivity index (χ1v) is 10.7. The van der Waals surface area contributed by atoms with Crippen LogP contribution in [0.3, 0.4) is 0 Å². The summed E-state index contributed by atoms with van der Waals surface area (Å²) in [7, 11) is 1.29. The van der Waals surface area contributed by atoms with Crippen molar-refractivity contribution in [2.24, 2.45) is 4.99 Å². The number of guanidine groups is 1. The highest BCUT2D eigenvalue weighted by molar-refractivity contribution is 7.89. The van der Waals surface area contributed by atoms with Gasteiger partial charge < -0.3 is 20.1 Å². The van der Waals surface area contributed by atoms with Crippen LogP contribution < -0.4 is 20.1 Å². The predicted molar refractivity (Wildman–Crippen MR) is 113 cm³/mol. The summed E-state index contributed by atoms with van der Waals surface area (Å²) in [6.07, 6.45) is 0.856. The summed E-state index contributed by atoms with van der Waals surface area (Å²) in [5.74, 6) is 2.04. The van der Waals surface area contributed by atoms with Crippen molar-refractivity contribution < 1.29 is 17.9 Å². The average molecular weight is 419 g/mol. The van der Waals surface area contributed by atoms with E-state index in [0.717, 1.165) is 23.4 Å². The van der Waals surface area contributed by atoms with Crippen molar-refractivity contribution in [2.75, 3.05) is 39.7 Å². The van der Waals surface area contributed by atoms with Crippen molar-refractivity contribution in [1.82, 2.24) is 9.62 Å². The highest BCUT2D eigenvalue weighted by Crippen LogP contribution is 2.32. The molecule has 156 valence electrons. The Hall–Kier alpha value is -2.78. The van der Waals surface area contributed by atoms with Gasteiger partial charge in [0.05, 0.1) is 18.1 Å². The molecule has 0 radical (unpaired) electrons. The van der Waals surface area contributed by atoms with E-state index in [1.807, 2.05) is 18.2 Å². The van der Waals surface area contributed by atoms with Crippen LogP contribution in [0, 0.1) is 0 Å². The lowest BCUT2D eigenvalue weighted by Crippen LogP contribution is -2.30. The number of fused-ring (bicyclic) bond motifs is 1. The van der Waals surface area contributed by atoms with Gasteiger partial charge >= 0.3 is 0 Å². The fourth-order valence-electron chi connectivity index (χ4n) is 2.73. The molecule has 1 heterocycles. The maximum Gasteiger partial charge on any atom is 0.242 e. The summed E-state index contributed by atoms with van der Waals surface area (Å²) in [5.41, 5.74) is 1.76. The molecule has 0 saturated carbocycles. The molecule has 1 aliphatic rings. The minimum Gasteiger partial charge on any atom is -0.490 e. The lowest BCUT2D eigenvalue weighted by molar-refractivity contribution is 0.297. The Morgan fingerprint density at radius 3 is 2.41 bits per heavy atom. The van der Waals surface area contributed by atoms with E-state index in [9.17, 15) is 8.42 Å². The summed E-state index contributed by atoms with van der Waals surface area (Å²) in [6.45, 7) is 1.77. The number of nitrogens with zero attached hydrogens (tertiary/aromatic N) is 2. The summed E-state index contributed by atoms with van der Waals surface area (Å²) in [6, 6.07) is 12.4. The third-order valence-corrected chi connectivity index (χ3v) is 6.23. The van der Waals surface area contributed by atoms with Crippen LogP contribution in [0.5, 0.6) is 11.5 Å². The van der Waals surface area contributed by atoms with Gasteiger partial charge in [0.25, 0.3) is 0 Å². The molecular formula is C20H26N4O4S. The smallest absolute Gasteiger partial charge is 0.242 e. The molecule has 2 aromatic rings. The van der Waals surface area contributed by atoms with Gasteiger partial charge in [0.15, 0.2) is 17.5 Å². The molecule has 0 aliphatic carbocycles. The van der Waals surface area contributed by atoms with E-state index in [4.69, 9.17) is 9.47 Å². The number of aliphatic imine (C=N–C) groups is 1. The highest BCUT2D eigenvalue weighted by Gasteiger charge is 2.16. The molecule has 8 nitrogen and oxygen atoms in total. The Balaban J connectivity index is 1.62. The van der Waals surface area contributed by atoms with E-state index in [-0.39, 0.29) is 4.90 Å². The van der Waals surface area contributed by atoms with Crippen molar-refractivity contribution in [1.29, 1.82) is 0 Å². The van der Waals surface area contributed by atoms with Crippen LogP contribution in [0.25, 0.3) is 0 Å². The molecule has 0 amide bonds. The summed E-state index contributed by atoms with van der Waals surface area (Å²) in [4.78, 5) is 4.49. The molecule has 2 N–H and O–H groups in total. The first kappa shape index (κ1) is 20.9. The predicted octanol–water partition coefficient (Wildman–Crippen LogP) is 2.29. The van der Waals surface area contributed by atoms with Gasteiger partial charge in [-0.2, -0.15) is 0 Å². The van der Waals surface area contributed by atoms with Crippen molar-refractivity contribution in [2.45, 2.75) is 17.9 Å². The molecule has 0 saturated heterocycles.